The van der Waals surface area contributed by atoms with Crippen LogP contribution in [0.15, 0.2) is 42.5 Å². The Morgan fingerprint density at radius 2 is 1.54 bits per heavy atom. The van der Waals surface area contributed by atoms with Crippen molar-refractivity contribution in [3.05, 3.63) is 81.9 Å². The van der Waals surface area contributed by atoms with Crippen LogP contribution < -0.4 is 0 Å². The summed E-state index contributed by atoms with van der Waals surface area (Å²) in [7, 11) is 0. The normalized spacial score (nSPS) is 21.6. The summed E-state index contributed by atoms with van der Waals surface area (Å²) in [6.45, 7) is 4.79. The number of alkyl halides is 6. The maximum Gasteiger partial charge on any atom is 0.416 e. The standard InChI is InChI=1S/C27H28F7N5O2/c1-16(18-11-19(26(29,30)31)13-20(12-18)27(32,33)34)41-25-24(17-3-5-21(28)6-4-17)39(9-10-40-25)15-23-22(35-37-36-23)14-38-7-2-8-38/h3-6,11-13,16,24-25H,2,7-10,14-15H2,1H3,(H,35,36,37)/t16-,24+,25?/m1/s1. The molecule has 0 radical (unpaired) electrons. The molecule has 222 valence electrons. The van der Waals surface area contributed by atoms with Gasteiger partial charge in [0.15, 0.2) is 6.29 Å². The first-order valence-corrected chi connectivity index (χ1v) is 13.1. The molecule has 0 saturated carbocycles. The first kappa shape index (κ1) is 29.4. The van der Waals surface area contributed by atoms with Crippen LogP contribution in [-0.2, 0) is 34.9 Å². The van der Waals surface area contributed by atoms with Crippen LogP contribution in [0.5, 0.6) is 0 Å². The van der Waals surface area contributed by atoms with Gasteiger partial charge in [-0.2, -0.15) is 41.8 Å². The van der Waals surface area contributed by atoms with E-state index in [9.17, 15) is 30.7 Å². The van der Waals surface area contributed by atoms with Gasteiger partial charge in [0.05, 0.1) is 29.9 Å². The second-order valence-corrected chi connectivity index (χ2v) is 10.2. The molecule has 7 nitrogen and oxygen atoms in total. The van der Waals surface area contributed by atoms with Crippen LogP contribution in [0.2, 0.25) is 0 Å². The number of ether oxygens (including phenoxy) is 2. The number of nitrogens with zero attached hydrogens (tertiary/aromatic N) is 4. The third-order valence-electron chi connectivity index (χ3n) is 7.32. The largest absolute Gasteiger partial charge is 0.416 e. The van der Waals surface area contributed by atoms with Crippen molar-refractivity contribution in [1.82, 2.24) is 25.2 Å². The lowest BCUT2D eigenvalue weighted by Crippen LogP contribution is -2.46. The molecular formula is C27H28F7N5O2. The number of aromatic amines is 1. The molecule has 41 heavy (non-hydrogen) atoms. The Bertz CT molecular complexity index is 1290. The minimum Gasteiger partial charge on any atom is -0.349 e. The first-order valence-electron chi connectivity index (χ1n) is 13.1. The molecule has 2 aromatic carbocycles. The topological polar surface area (TPSA) is 66.5 Å². The van der Waals surface area contributed by atoms with E-state index in [0.29, 0.717) is 43.0 Å². The van der Waals surface area contributed by atoms with E-state index in [1.807, 2.05) is 4.90 Å². The number of morpholine rings is 1. The van der Waals surface area contributed by atoms with Crippen LogP contribution in [0.3, 0.4) is 0 Å². The van der Waals surface area contributed by atoms with Crippen molar-refractivity contribution < 1.29 is 40.2 Å². The van der Waals surface area contributed by atoms with E-state index in [4.69, 9.17) is 9.47 Å². The van der Waals surface area contributed by atoms with E-state index in [2.05, 4.69) is 20.3 Å². The van der Waals surface area contributed by atoms with Gasteiger partial charge >= 0.3 is 12.4 Å². The second kappa shape index (κ2) is 11.7. The molecule has 3 heterocycles. The van der Waals surface area contributed by atoms with Crippen molar-refractivity contribution in [3.8, 4) is 0 Å². The van der Waals surface area contributed by atoms with Gasteiger partial charge in [0.25, 0.3) is 0 Å². The summed E-state index contributed by atoms with van der Waals surface area (Å²) in [6.07, 6.45) is -11.2. The van der Waals surface area contributed by atoms with Crippen LogP contribution in [0.4, 0.5) is 30.7 Å². The van der Waals surface area contributed by atoms with Crippen molar-refractivity contribution in [2.24, 2.45) is 0 Å². The van der Waals surface area contributed by atoms with Crippen LogP contribution in [0.25, 0.3) is 0 Å². The average molecular weight is 588 g/mol. The zero-order chi connectivity index (χ0) is 29.4. The van der Waals surface area contributed by atoms with E-state index in [-0.39, 0.29) is 18.2 Å². The van der Waals surface area contributed by atoms with Crippen molar-refractivity contribution in [2.45, 2.75) is 57.2 Å². The zero-order valence-electron chi connectivity index (χ0n) is 22.0. The molecule has 1 N–H and O–H groups in total. The molecule has 0 aliphatic carbocycles. The monoisotopic (exact) mass is 587 g/mol. The van der Waals surface area contributed by atoms with Gasteiger partial charge in [-0.15, -0.1) is 0 Å². The van der Waals surface area contributed by atoms with E-state index >= 15 is 0 Å². The number of aromatic nitrogens is 3. The molecule has 1 aromatic heterocycles. The predicted molar refractivity (Wildman–Crippen MR) is 132 cm³/mol. The molecule has 0 spiro atoms. The van der Waals surface area contributed by atoms with Crippen molar-refractivity contribution in [1.29, 1.82) is 0 Å². The maximum atomic E-state index is 13.8. The lowest BCUT2D eigenvalue weighted by molar-refractivity contribution is -0.231. The minimum atomic E-state index is -4.99. The fourth-order valence-electron chi connectivity index (χ4n) is 4.97. The first-order chi connectivity index (χ1) is 19.4. The predicted octanol–water partition coefficient (Wildman–Crippen LogP) is 5.86. The lowest BCUT2D eigenvalue weighted by Gasteiger charge is -2.42. The van der Waals surface area contributed by atoms with Gasteiger partial charge in [-0.25, -0.2) is 4.39 Å². The van der Waals surface area contributed by atoms with Gasteiger partial charge < -0.3 is 9.47 Å². The molecule has 2 fully saturated rings. The second-order valence-electron chi connectivity index (χ2n) is 10.2. The highest BCUT2D eigenvalue weighted by atomic mass is 19.4. The molecule has 2 aliphatic heterocycles. The summed E-state index contributed by atoms with van der Waals surface area (Å²) in [6, 6.07) is 6.29. The van der Waals surface area contributed by atoms with Gasteiger partial charge in [-0.1, -0.05) is 12.1 Å². The SMILES string of the molecule is C[C@@H](OC1OCCN(Cc2n[nH]nc2CN2CCC2)[C@H]1c1ccc(F)cc1)c1cc(C(F)(F)F)cc(C(F)(F)F)c1. The Labute approximate surface area is 231 Å². The number of rotatable bonds is 8. The van der Waals surface area contributed by atoms with Gasteiger partial charge in [0.1, 0.15) is 17.2 Å². The third kappa shape index (κ3) is 6.88. The third-order valence-corrected chi connectivity index (χ3v) is 7.32. The van der Waals surface area contributed by atoms with E-state index in [1.165, 1.54) is 19.1 Å². The highest BCUT2D eigenvalue weighted by Gasteiger charge is 2.39. The number of H-pyrrole nitrogens is 1. The van der Waals surface area contributed by atoms with Crippen LogP contribution in [0.1, 0.15) is 59.1 Å². The Morgan fingerprint density at radius 3 is 2.10 bits per heavy atom. The summed E-state index contributed by atoms with van der Waals surface area (Å²) in [5, 5.41) is 11.2. The van der Waals surface area contributed by atoms with Gasteiger partial charge in [-0.3, -0.25) is 9.80 Å². The molecule has 0 amide bonds. The molecule has 5 rings (SSSR count). The maximum absolute atomic E-state index is 13.8. The number of nitrogens with one attached hydrogen (secondary N) is 1. The average Bonchev–Trinajstić information content (AvgIpc) is 3.32. The fourth-order valence-corrected chi connectivity index (χ4v) is 4.97. The molecule has 3 atom stereocenters. The zero-order valence-corrected chi connectivity index (χ0v) is 22.0. The molecule has 0 bridgehead atoms. The number of likely N-dealkylation sites (tertiary alicyclic amines) is 1. The van der Waals surface area contributed by atoms with Crippen LogP contribution in [0, 0.1) is 5.82 Å². The number of hydrogen-bond donors (Lipinski definition) is 1. The quantitative estimate of drug-likeness (QED) is 0.333. The molecule has 3 aromatic rings. The van der Waals surface area contributed by atoms with E-state index in [1.54, 1.807) is 12.1 Å². The summed E-state index contributed by atoms with van der Waals surface area (Å²) in [5.41, 5.74) is -1.12. The molecule has 1 unspecified atom stereocenters. The van der Waals surface area contributed by atoms with E-state index < -0.39 is 47.7 Å². The van der Waals surface area contributed by atoms with E-state index in [0.717, 1.165) is 25.2 Å². The summed E-state index contributed by atoms with van der Waals surface area (Å²) < 4.78 is 106. The summed E-state index contributed by atoms with van der Waals surface area (Å²) in [5.74, 6) is -0.472. The number of benzene rings is 2. The van der Waals surface area contributed by atoms with Crippen LogP contribution in [-0.4, -0.2) is 57.7 Å². The minimum absolute atomic E-state index is 0.0755. The molecular weight excluding hydrogens is 559 g/mol. The Kier molecular flexibility index (Phi) is 8.37. The highest BCUT2D eigenvalue weighted by molar-refractivity contribution is 5.35. The summed E-state index contributed by atoms with van der Waals surface area (Å²) in [4.78, 5) is 4.19. The van der Waals surface area contributed by atoms with Gasteiger partial charge in [0.2, 0.25) is 0 Å². The molecule has 14 heteroatoms. The Hall–Kier alpha value is -3.07. The Morgan fingerprint density at radius 1 is 0.927 bits per heavy atom. The van der Waals surface area contributed by atoms with Gasteiger partial charge in [0, 0.05) is 19.6 Å². The smallest absolute Gasteiger partial charge is 0.349 e. The van der Waals surface area contributed by atoms with Crippen LogP contribution >= 0.6 is 0 Å². The van der Waals surface area contributed by atoms with Crippen molar-refractivity contribution in [3.63, 3.8) is 0 Å². The highest BCUT2D eigenvalue weighted by Crippen LogP contribution is 2.40. The summed E-state index contributed by atoms with van der Waals surface area (Å²) >= 11 is 0. The molecule has 2 saturated heterocycles. The number of halogens is 7. The van der Waals surface area contributed by atoms with Gasteiger partial charge in [-0.05, 0) is 67.9 Å². The lowest BCUT2D eigenvalue weighted by atomic mass is 10.0. The van der Waals surface area contributed by atoms with Crippen molar-refractivity contribution in [2.75, 3.05) is 26.2 Å². The Balaban J connectivity index is 1.43. The van der Waals surface area contributed by atoms with Crippen molar-refractivity contribution >= 4 is 0 Å². The number of hydrogen-bond acceptors (Lipinski definition) is 6. The molecule has 2 aliphatic rings. The fraction of sp³-hybridized carbons (Fsp3) is 0.481.